The van der Waals surface area contributed by atoms with Crippen LogP contribution in [0.4, 0.5) is 0 Å². The molecule has 0 aliphatic carbocycles. The molecule has 1 heterocycles. The van der Waals surface area contributed by atoms with E-state index in [4.69, 9.17) is 0 Å². The third-order valence-corrected chi connectivity index (χ3v) is 3.48. The Hall–Kier alpha value is -0.900. The van der Waals surface area contributed by atoms with Crippen molar-refractivity contribution < 1.29 is 9.59 Å². The molecule has 1 fully saturated rings. The minimum Gasteiger partial charge on any atom is -0.305 e. The minimum absolute atomic E-state index is 0.0383. The topological polar surface area (TPSA) is 49.4 Å². The summed E-state index contributed by atoms with van der Waals surface area (Å²) >= 11 is 0. The first-order valence-electron chi connectivity index (χ1n) is 6.49. The number of hydrogen-bond donors (Lipinski definition) is 1. The lowest BCUT2D eigenvalue weighted by atomic mass is 9.90. The summed E-state index contributed by atoms with van der Waals surface area (Å²) in [5.41, 5.74) is 0.168. The Morgan fingerprint density at radius 2 is 2.00 bits per heavy atom. The lowest BCUT2D eigenvalue weighted by Crippen LogP contribution is -2.42. The Balaban J connectivity index is 2.52. The zero-order chi connectivity index (χ0) is 13.1. The fourth-order valence-electron chi connectivity index (χ4n) is 1.83. The molecule has 1 aliphatic heterocycles. The highest BCUT2D eigenvalue weighted by atomic mass is 16.2. The molecule has 0 spiro atoms. The van der Waals surface area contributed by atoms with Crippen LogP contribution in [-0.4, -0.2) is 35.8 Å². The molecule has 1 saturated heterocycles. The van der Waals surface area contributed by atoms with Crippen molar-refractivity contribution in [1.82, 2.24) is 10.2 Å². The fraction of sp³-hybridized carbons (Fsp3) is 0.846. The second-order valence-corrected chi connectivity index (χ2v) is 5.54. The van der Waals surface area contributed by atoms with E-state index >= 15 is 0 Å². The monoisotopic (exact) mass is 240 g/mol. The highest BCUT2D eigenvalue weighted by molar-refractivity contribution is 6.05. The predicted octanol–water partition coefficient (Wildman–Crippen LogP) is 1.55. The third kappa shape index (κ3) is 3.53. The largest absolute Gasteiger partial charge is 0.305 e. The van der Waals surface area contributed by atoms with Crippen LogP contribution in [0.2, 0.25) is 0 Å². The molecule has 0 radical (unpaired) electrons. The minimum atomic E-state index is -0.306. The predicted molar refractivity (Wildman–Crippen MR) is 67.5 cm³/mol. The molecule has 1 N–H and O–H groups in total. The first-order chi connectivity index (χ1) is 7.91. The number of carbonyl (C=O) groups excluding carboxylic acids is 2. The zero-order valence-corrected chi connectivity index (χ0v) is 11.4. The summed E-state index contributed by atoms with van der Waals surface area (Å²) in [5.74, 6) is -0.0904. The van der Waals surface area contributed by atoms with Crippen molar-refractivity contribution in [3.8, 4) is 0 Å². The molecule has 2 amide bonds. The van der Waals surface area contributed by atoms with Crippen molar-refractivity contribution in [3.63, 3.8) is 0 Å². The van der Waals surface area contributed by atoms with E-state index in [2.05, 4.69) is 26.1 Å². The molecule has 98 valence electrons. The van der Waals surface area contributed by atoms with Crippen LogP contribution in [0.5, 0.6) is 0 Å². The van der Waals surface area contributed by atoms with Gasteiger partial charge in [-0.25, -0.2) is 0 Å². The number of imide groups is 1. The number of nitrogens with zero attached hydrogens (tertiary/aromatic N) is 1. The number of hydrogen-bond acceptors (Lipinski definition) is 3. The van der Waals surface area contributed by atoms with Crippen molar-refractivity contribution >= 4 is 11.8 Å². The first-order valence-corrected chi connectivity index (χ1v) is 6.49. The van der Waals surface area contributed by atoms with Gasteiger partial charge in [0, 0.05) is 13.1 Å². The number of likely N-dealkylation sites (tertiary alicyclic amines) is 1. The van der Waals surface area contributed by atoms with E-state index in [0.717, 1.165) is 19.4 Å². The summed E-state index contributed by atoms with van der Waals surface area (Å²) in [6.07, 6.45) is 2.19. The lowest BCUT2D eigenvalue weighted by Gasteiger charge is -2.24. The molecule has 1 rings (SSSR count). The van der Waals surface area contributed by atoms with Crippen LogP contribution in [0.25, 0.3) is 0 Å². The molecular weight excluding hydrogens is 216 g/mol. The van der Waals surface area contributed by atoms with Crippen molar-refractivity contribution in [2.75, 3.05) is 13.1 Å². The van der Waals surface area contributed by atoms with Gasteiger partial charge in [0.1, 0.15) is 0 Å². The van der Waals surface area contributed by atoms with Gasteiger partial charge in [-0.3, -0.25) is 14.5 Å². The van der Waals surface area contributed by atoms with Crippen LogP contribution in [-0.2, 0) is 9.59 Å². The average molecular weight is 240 g/mol. The van der Waals surface area contributed by atoms with Gasteiger partial charge in [0.15, 0.2) is 0 Å². The van der Waals surface area contributed by atoms with Crippen LogP contribution in [0.1, 0.15) is 47.0 Å². The molecule has 0 saturated carbocycles. The van der Waals surface area contributed by atoms with E-state index in [1.807, 2.05) is 6.92 Å². The number of rotatable bonds is 6. The summed E-state index contributed by atoms with van der Waals surface area (Å²) < 4.78 is 0. The van der Waals surface area contributed by atoms with E-state index in [1.54, 1.807) is 0 Å². The molecule has 0 aromatic heterocycles. The summed E-state index contributed by atoms with van der Waals surface area (Å²) in [4.78, 5) is 25.0. The van der Waals surface area contributed by atoms with Crippen LogP contribution < -0.4 is 5.32 Å². The molecule has 4 heteroatoms. The molecule has 1 aliphatic rings. The van der Waals surface area contributed by atoms with Crippen molar-refractivity contribution in [1.29, 1.82) is 0 Å². The summed E-state index contributed by atoms with van der Waals surface area (Å²) in [5, 5.41) is 3.23. The van der Waals surface area contributed by atoms with E-state index < -0.39 is 0 Å². The third-order valence-electron chi connectivity index (χ3n) is 3.48. The van der Waals surface area contributed by atoms with Gasteiger partial charge < -0.3 is 5.32 Å². The molecule has 0 aromatic carbocycles. The Morgan fingerprint density at radius 1 is 1.35 bits per heavy atom. The maximum absolute atomic E-state index is 12.0. The number of nitrogens with one attached hydrogen (secondary N) is 1. The van der Waals surface area contributed by atoms with Crippen LogP contribution >= 0.6 is 0 Å². The van der Waals surface area contributed by atoms with E-state index in [-0.39, 0.29) is 23.3 Å². The zero-order valence-electron chi connectivity index (χ0n) is 11.4. The Kier molecular flexibility index (Phi) is 4.69. The van der Waals surface area contributed by atoms with E-state index in [1.165, 1.54) is 4.90 Å². The van der Waals surface area contributed by atoms with Gasteiger partial charge in [0.2, 0.25) is 11.8 Å². The highest BCUT2D eigenvalue weighted by Gasteiger charge is 2.38. The SMILES string of the molecule is CCCN1C(=O)CC(NCC(C)(C)CC)C1=O. The van der Waals surface area contributed by atoms with Gasteiger partial charge >= 0.3 is 0 Å². The normalized spacial score (nSPS) is 21.4. The van der Waals surface area contributed by atoms with Crippen LogP contribution in [0.3, 0.4) is 0 Å². The quantitative estimate of drug-likeness (QED) is 0.717. The first kappa shape index (κ1) is 14.2. The van der Waals surface area contributed by atoms with Gasteiger partial charge in [-0.05, 0) is 18.3 Å². The Bertz CT molecular complexity index is 300. The summed E-state index contributed by atoms with van der Waals surface area (Å²) in [6.45, 7) is 9.74. The van der Waals surface area contributed by atoms with Gasteiger partial charge in [-0.2, -0.15) is 0 Å². The van der Waals surface area contributed by atoms with E-state index in [0.29, 0.717) is 13.0 Å². The second-order valence-electron chi connectivity index (χ2n) is 5.54. The van der Waals surface area contributed by atoms with Crippen LogP contribution in [0.15, 0.2) is 0 Å². The smallest absolute Gasteiger partial charge is 0.246 e. The van der Waals surface area contributed by atoms with Gasteiger partial charge in [0.25, 0.3) is 0 Å². The molecule has 0 aromatic rings. The molecule has 17 heavy (non-hydrogen) atoms. The van der Waals surface area contributed by atoms with E-state index in [9.17, 15) is 9.59 Å². The Labute approximate surface area is 104 Å². The number of carbonyl (C=O) groups is 2. The van der Waals surface area contributed by atoms with Gasteiger partial charge in [-0.1, -0.05) is 27.7 Å². The second kappa shape index (κ2) is 5.63. The molecule has 1 atom stereocenters. The lowest BCUT2D eigenvalue weighted by molar-refractivity contribution is -0.138. The van der Waals surface area contributed by atoms with Crippen molar-refractivity contribution in [2.45, 2.75) is 53.0 Å². The Morgan fingerprint density at radius 3 is 2.53 bits per heavy atom. The molecule has 1 unspecified atom stereocenters. The van der Waals surface area contributed by atoms with Crippen molar-refractivity contribution in [2.24, 2.45) is 5.41 Å². The average Bonchev–Trinajstić information content (AvgIpc) is 2.55. The van der Waals surface area contributed by atoms with Gasteiger partial charge in [-0.15, -0.1) is 0 Å². The highest BCUT2D eigenvalue weighted by Crippen LogP contribution is 2.20. The summed E-state index contributed by atoms with van der Waals surface area (Å²) in [7, 11) is 0. The molecular formula is C13H24N2O2. The number of amides is 2. The maximum atomic E-state index is 12.0. The fourth-order valence-corrected chi connectivity index (χ4v) is 1.83. The molecule has 4 nitrogen and oxygen atoms in total. The maximum Gasteiger partial charge on any atom is 0.246 e. The summed E-state index contributed by atoms with van der Waals surface area (Å²) in [6, 6.07) is -0.306. The van der Waals surface area contributed by atoms with Gasteiger partial charge in [0.05, 0.1) is 12.5 Å². The van der Waals surface area contributed by atoms with Crippen molar-refractivity contribution in [3.05, 3.63) is 0 Å². The van der Waals surface area contributed by atoms with Crippen LogP contribution in [0, 0.1) is 5.41 Å². The molecule has 0 bridgehead atoms. The standard InChI is InChI=1S/C13H24N2O2/c1-5-7-15-11(16)8-10(12(15)17)14-9-13(3,4)6-2/h10,14H,5-9H2,1-4H3.